The molecular formula is C29H20Fe2O2+4. The predicted molar refractivity (Wildman–Crippen MR) is 123 cm³/mol. The van der Waals surface area contributed by atoms with Crippen molar-refractivity contribution in [3.63, 3.8) is 0 Å². The summed E-state index contributed by atoms with van der Waals surface area (Å²) in [6.45, 7) is 0. The Hall–Kier alpha value is -0.891. The molecule has 4 aliphatic rings. The molecule has 4 aliphatic carbocycles. The van der Waals surface area contributed by atoms with E-state index in [1.807, 2.05) is 116 Å². The van der Waals surface area contributed by atoms with Crippen molar-refractivity contribution >= 4 is 0 Å². The van der Waals surface area contributed by atoms with Crippen molar-refractivity contribution in [2.75, 3.05) is 0 Å². The van der Waals surface area contributed by atoms with Crippen LogP contribution in [0.4, 0.5) is 0 Å². The molecular weight excluding hydrogens is 492 g/mol. The van der Waals surface area contributed by atoms with Crippen LogP contribution < -0.4 is 5.63 Å². The molecule has 0 unspecified atom stereocenters. The molecule has 0 spiro atoms. The minimum absolute atomic E-state index is 0. The first kappa shape index (κ1) is 30.1. The summed E-state index contributed by atoms with van der Waals surface area (Å²) in [6, 6.07) is 3.04. The van der Waals surface area contributed by atoms with Gasteiger partial charge in [-0.1, -0.05) is 17.8 Å². The largest absolute Gasteiger partial charge is 2.00 e. The molecule has 0 amide bonds. The molecule has 0 bridgehead atoms. The van der Waals surface area contributed by atoms with E-state index in [0.29, 0.717) is 11.3 Å². The molecule has 5 rings (SSSR count). The second-order valence-electron chi connectivity index (χ2n) is 6.30. The monoisotopic (exact) mass is 512 g/mol. The van der Waals surface area contributed by atoms with Crippen LogP contribution in [0.2, 0.25) is 0 Å². The molecule has 1 aromatic rings. The molecule has 0 atom stereocenters. The standard InChI is InChI=1S/C19H10O2.2C5H5.2Fe/c20-19-14-17(10-9-15-5-1-2-6-15)13-18(21-19)12-11-16-7-3-4-8-16;2*1-2-4-5-3-1;;/h1-8,13-14H;2*1-5H;;/q;;;2*+2. The molecule has 0 N–H and O–H groups in total. The zero-order chi connectivity index (χ0) is 21.6. The summed E-state index contributed by atoms with van der Waals surface area (Å²) in [5.41, 5.74) is 0.148. The van der Waals surface area contributed by atoms with Gasteiger partial charge in [-0.2, -0.15) is 0 Å². The van der Waals surface area contributed by atoms with E-state index in [9.17, 15) is 4.79 Å². The first-order valence-electron chi connectivity index (χ1n) is 9.76. The van der Waals surface area contributed by atoms with Crippen LogP contribution in [-0.4, -0.2) is 0 Å². The maximum atomic E-state index is 11.5. The van der Waals surface area contributed by atoms with Gasteiger partial charge in [0, 0.05) is 17.7 Å². The SMILES string of the molecule is O=c1cc(C#C[C]2[CH][CH][CH][CH]2)cc(C#C[C]2[CH][CH][CH][CH]2)o1.[CH]1[CH][CH][CH][CH]1.[CH]1[CH][CH][CH][CH]1.[Fe+2].[Fe+2]. The van der Waals surface area contributed by atoms with Crippen LogP contribution in [0.3, 0.4) is 0 Å². The number of hydrogen-bond acceptors (Lipinski definition) is 2. The quantitative estimate of drug-likeness (QED) is 0.386. The van der Waals surface area contributed by atoms with Gasteiger partial charge >= 0.3 is 39.8 Å². The molecule has 1 heterocycles. The first-order valence-corrected chi connectivity index (χ1v) is 9.76. The molecule has 0 saturated heterocycles. The summed E-state index contributed by atoms with van der Waals surface area (Å²) in [4.78, 5) is 11.5. The Bertz CT molecular complexity index is 736. The van der Waals surface area contributed by atoms with Crippen LogP contribution in [0, 0.1) is 151 Å². The summed E-state index contributed by atoms with van der Waals surface area (Å²) < 4.78 is 5.06. The second-order valence-corrected chi connectivity index (χ2v) is 6.30. The van der Waals surface area contributed by atoms with Gasteiger partial charge in [0.05, 0.1) is 11.8 Å². The summed E-state index contributed by atoms with van der Waals surface area (Å²) in [5, 5.41) is 0. The second kappa shape index (κ2) is 18.4. The van der Waals surface area contributed by atoms with Gasteiger partial charge in [0.15, 0.2) is 5.76 Å². The van der Waals surface area contributed by atoms with E-state index in [1.165, 1.54) is 6.07 Å². The molecule has 4 heteroatoms. The van der Waals surface area contributed by atoms with Crippen LogP contribution in [0.25, 0.3) is 0 Å². The van der Waals surface area contributed by atoms with Crippen molar-refractivity contribution in [3.8, 4) is 23.7 Å². The van der Waals surface area contributed by atoms with Crippen molar-refractivity contribution in [3.05, 3.63) is 161 Å². The van der Waals surface area contributed by atoms with Crippen LogP contribution in [0.1, 0.15) is 11.3 Å². The fourth-order valence-corrected chi connectivity index (χ4v) is 2.45. The maximum Gasteiger partial charge on any atom is 2.00 e. The minimum atomic E-state index is -0.448. The summed E-state index contributed by atoms with van der Waals surface area (Å²) >= 11 is 0. The van der Waals surface area contributed by atoms with Crippen LogP contribution in [0.5, 0.6) is 0 Å². The smallest absolute Gasteiger partial charge is 0.414 e. The average molecular weight is 512 g/mol. The normalized spacial score (nSPS) is 19.3. The third-order valence-corrected chi connectivity index (χ3v) is 3.89. The Balaban J connectivity index is 0.000000375. The zero-order valence-corrected chi connectivity index (χ0v) is 19.8. The Morgan fingerprint density at radius 3 is 1.30 bits per heavy atom. The van der Waals surface area contributed by atoms with E-state index in [-0.39, 0.29) is 34.1 Å². The molecule has 20 radical (unpaired) electrons. The van der Waals surface area contributed by atoms with E-state index < -0.39 is 5.63 Å². The molecule has 1 aromatic heterocycles. The van der Waals surface area contributed by atoms with Crippen molar-refractivity contribution < 1.29 is 38.6 Å². The van der Waals surface area contributed by atoms with Gasteiger partial charge in [0.1, 0.15) is 0 Å². The van der Waals surface area contributed by atoms with Gasteiger partial charge in [-0.25, -0.2) is 4.79 Å². The molecule has 33 heavy (non-hydrogen) atoms. The van der Waals surface area contributed by atoms with Gasteiger partial charge < -0.3 is 4.42 Å². The van der Waals surface area contributed by atoms with E-state index >= 15 is 0 Å². The predicted octanol–water partition coefficient (Wildman–Crippen LogP) is 4.19. The Morgan fingerprint density at radius 2 is 0.879 bits per heavy atom. The van der Waals surface area contributed by atoms with Crippen molar-refractivity contribution in [1.29, 1.82) is 0 Å². The fourth-order valence-electron chi connectivity index (χ4n) is 2.45. The maximum absolute atomic E-state index is 11.5. The van der Waals surface area contributed by atoms with Crippen LogP contribution in [0.15, 0.2) is 21.3 Å². The van der Waals surface area contributed by atoms with E-state index in [0.717, 1.165) is 11.8 Å². The Morgan fingerprint density at radius 1 is 0.485 bits per heavy atom. The molecule has 4 saturated carbocycles. The third-order valence-electron chi connectivity index (χ3n) is 3.89. The van der Waals surface area contributed by atoms with Gasteiger partial charge in [0.25, 0.3) is 0 Å². The summed E-state index contributed by atoms with van der Waals surface area (Å²) in [6.07, 6.45) is 35.3. The molecule has 160 valence electrons. The molecule has 4 fully saturated rings. The van der Waals surface area contributed by atoms with Crippen molar-refractivity contribution in [2.24, 2.45) is 0 Å². The van der Waals surface area contributed by atoms with E-state index in [1.54, 1.807) is 6.07 Å². The number of rotatable bonds is 0. The van der Waals surface area contributed by atoms with E-state index in [4.69, 9.17) is 4.42 Å². The third kappa shape index (κ3) is 13.0. The zero-order valence-electron chi connectivity index (χ0n) is 17.6. The summed E-state index contributed by atoms with van der Waals surface area (Å²) in [7, 11) is 0. The van der Waals surface area contributed by atoms with Crippen LogP contribution in [-0.2, 0) is 34.1 Å². The van der Waals surface area contributed by atoms with E-state index in [2.05, 4.69) is 23.7 Å². The first-order chi connectivity index (χ1) is 15.3. The minimum Gasteiger partial charge on any atom is -0.414 e. The van der Waals surface area contributed by atoms with Crippen LogP contribution >= 0.6 is 0 Å². The van der Waals surface area contributed by atoms with Crippen molar-refractivity contribution in [1.82, 2.24) is 0 Å². The topological polar surface area (TPSA) is 30.2 Å². The van der Waals surface area contributed by atoms with Gasteiger partial charge in [0.2, 0.25) is 0 Å². The van der Waals surface area contributed by atoms with Gasteiger partial charge in [-0.05, 0) is 121 Å². The van der Waals surface area contributed by atoms with Crippen molar-refractivity contribution in [2.45, 2.75) is 0 Å². The molecule has 0 aliphatic heterocycles. The molecule has 0 aromatic carbocycles. The average Bonchev–Trinajstić information content (AvgIpc) is 3.62. The Labute approximate surface area is 222 Å². The molecule has 2 nitrogen and oxygen atoms in total. The number of hydrogen-bond donors (Lipinski definition) is 0. The summed E-state index contributed by atoms with van der Waals surface area (Å²) in [5.74, 6) is 13.8. The van der Waals surface area contributed by atoms with Gasteiger partial charge in [-0.3, -0.25) is 0 Å². The fraction of sp³-hybridized carbons (Fsp3) is 0. The van der Waals surface area contributed by atoms with Gasteiger partial charge in [-0.15, -0.1) is 0 Å². The Kier molecular flexibility index (Phi) is 16.8.